The van der Waals surface area contributed by atoms with Crippen molar-refractivity contribution in [1.82, 2.24) is 19.7 Å². The molecule has 1 N–H and O–H groups in total. The van der Waals surface area contributed by atoms with Gasteiger partial charge >= 0.3 is 0 Å². The Balaban J connectivity index is 1.50. The van der Waals surface area contributed by atoms with Crippen LogP contribution in [0.3, 0.4) is 0 Å². The first kappa shape index (κ1) is 17.2. The molecule has 0 saturated carbocycles. The van der Waals surface area contributed by atoms with Gasteiger partial charge in [-0.25, -0.2) is 0 Å². The molecule has 136 valence electrons. The van der Waals surface area contributed by atoms with E-state index in [1.54, 1.807) is 0 Å². The molecule has 1 aliphatic heterocycles. The van der Waals surface area contributed by atoms with Crippen molar-refractivity contribution in [2.24, 2.45) is 13.0 Å². The van der Waals surface area contributed by atoms with Gasteiger partial charge in [0.05, 0.1) is 17.3 Å². The van der Waals surface area contributed by atoms with E-state index in [1.807, 2.05) is 30.1 Å². The molecule has 0 aliphatic carbocycles. The number of likely N-dealkylation sites (tertiary alicyclic amines) is 1. The number of aryl methyl sites for hydroxylation is 2. The Hall–Kier alpha value is -2.24. The number of hydrogen-bond acceptors (Lipinski definition) is 4. The van der Waals surface area contributed by atoms with Gasteiger partial charge in [-0.05, 0) is 38.0 Å². The van der Waals surface area contributed by atoms with Crippen LogP contribution in [0.25, 0.3) is 10.9 Å². The van der Waals surface area contributed by atoms with Crippen LogP contribution in [0.2, 0.25) is 0 Å². The maximum Gasteiger partial charge on any atom is 0.0710 e. The van der Waals surface area contributed by atoms with Gasteiger partial charge in [-0.1, -0.05) is 18.2 Å². The van der Waals surface area contributed by atoms with Gasteiger partial charge in [0, 0.05) is 55.4 Å². The predicted octanol–water partition coefficient (Wildman–Crippen LogP) is 2.62. The number of β-amino-alcohol motifs (C(OH)–C–C–N with tert-alkyl or cyclic N) is 1. The summed E-state index contributed by atoms with van der Waals surface area (Å²) in [5, 5.41) is 16.3. The van der Waals surface area contributed by atoms with Crippen LogP contribution in [-0.2, 0) is 20.0 Å². The highest BCUT2D eigenvalue weighted by Crippen LogP contribution is 2.27. The standard InChI is InChI=1S/C21H26N4O/c1-14-19(15(2)24(3)23-14)12-25-11-17(21(26)13-25)10-16-8-9-22-20-7-5-4-6-18(16)20/h4-9,17,21,26H,10-13H2,1-3H3/t17-,21+/m1/s1. The molecule has 1 aliphatic rings. The molecule has 3 aromatic rings. The molecule has 4 rings (SSSR count). The third-order valence-electron chi connectivity index (χ3n) is 5.74. The molecule has 0 radical (unpaired) electrons. The van der Waals surface area contributed by atoms with Crippen LogP contribution in [0.1, 0.15) is 22.5 Å². The van der Waals surface area contributed by atoms with Crippen LogP contribution >= 0.6 is 0 Å². The van der Waals surface area contributed by atoms with Gasteiger partial charge in [0.1, 0.15) is 0 Å². The van der Waals surface area contributed by atoms with Gasteiger partial charge in [-0.2, -0.15) is 5.10 Å². The largest absolute Gasteiger partial charge is 0.391 e. The van der Waals surface area contributed by atoms with Gasteiger partial charge in [-0.15, -0.1) is 0 Å². The first-order valence-corrected chi connectivity index (χ1v) is 9.25. The highest BCUT2D eigenvalue weighted by atomic mass is 16.3. The minimum atomic E-state index is -0.292. The van der Waals surface area contributed by atoms with Crippen LogP contribution in [0, 0.1) is 19.8 Å². The number of para-hydroxylation sites is 1. The summed E-state index contributed by atoms with van der Waals surface area (Å²) in [6.45, 7) is 6.67. The van der Waals surface area contributed by atoms with Gasteiger partial charge in [0.25, 0.3) is 0 Å². The van der Waals surface area contributed by atoms with Gasteiger partial charge < -0.3 is 5.11 Å². The Labute approximate surface area is 154 Å². The fraction of sp³-hybridized carbons (Fsp3) is 0.429. The fourth-order valence-electron chi connectivity index (χ4n) is 4.16. The minimum absolute atomic E-state index is 0.248. The van der Waals surface area contributed by atoms with Crippen molar-refractivity contribution in [3.8, 4) is 0 Å². The third kappa shape index (κ3) is 3.13. The highest BCUT2D eigenvalue weighted by Gasteiger charge is 2.32. The minimum Gasteiger partial charge on any atom is -0.391 e. The summed E-state index contributed by atoms with van der Waals surface area (Å²) in [5.41, 5.74) is 5.88. The van der Waals surface area contributed by atoms with Gasteiger partial charge in [0.15, 0.2) is 0 Å². The SMILES string of the molecule is Cc1nn(C)c(C)c1CN1C[C@@H](Cc2ccnc3ccccc23)[C@@H](O)C1. The molecule has 1 fully saturated rings. The normalized spacial score (nSPS) is 20.9. The Morgan fingerprint density at radius 2 is 1.96 bits per heavy atom. The van der Waals surface area contributed by atoms with E-state index in [2.05, 4.69) is 47.0 Å². The quantitative estimate of drug-likeness (QED) is 0.786. The fourth-order valence-corrected chi connectivity index (χ4v) is 4.16. The lowest BCUT2D eigenvalue weighted by Crippen LogP contribution is -2.22. The summed E-state index contributed by atoms with van der Waals surface area (Å²) in [7, 11) is 1.99. The average molecular weight is 350 g/mol. The topological polar surface area (TPSA) is 54.2 Å². The predicted molar refractivity (Wildman–Crippen MR) is 103 cm³/mol. The number of pyridine rings is 1. The van der Waals surface area contributed by atoms with Crippen LogP contribution in [0.5, 0.6) is 0 Å². The summed E-state index contributed by atoms with van der Waals surface area (Å²) in [5.74, 6) is 0.248. The number of nitrogens with zero attached hydrogens (tertiary/aromatic N) is 4. The zero-order valence-electron chi connectivity index (χ0n) is 15.7. The average Bonchev–Trinajstić information content (AvgIpc) is 3.09. The second-order valence-electron chi connectivity index (χ2n) is 7.49. The van der Waals surface area contributed by atoms with E-state index in [0.29, 0.717) is 0 Å². The van der Waals surface area contributed by atoms with Gasteiger partial charge in [-0.3, -0.25) is 14.6 Å². The zero-order chi connectivity index (χ0) is 18.3. The van der Waals surface area contributed by atoms with E-state index >= 15 is 0 Å². The summed E-state index contributed by atoms with van der Waals surface area (Å²) in [6, 6.07) is 10.3. The summed E-state index contributed by atoms with van der Waals surface area (Å²) >= 11 is 0. The van der Waals surface area contributed by atoms with E-state index in [1.165, 1.54) is 22.2 Å². The molecular formula is C21H26N4O. The molecule has 0 spiro atoms. The molecule has 2 atom stereocenters. The number of fused-ring (bicyclic) bond motifs is 1. The van der Waals surface area contributed by atoms with Crippen molar-refractivity contribution in [2.45, 2.75) is 32.9 Å². The molecule has 0 amide bonds. The number of rotatable bonds is 4. The van der Waals surface area contributed by atoms with E-state index in [-0.39, 0.29) is 12.0 Å². The smallest absolute Gasteiger partial charge is 0.0710 e. The molecule has 1 aromatic carbocycles. The molecule has 26 heavy (non-hydrogen) atoms. The number of hydrogen-bond donors (Lipinski definition) is 1. The molecule has 2 aromatic heterocycles. The second kappa shape index (κ2) is 6.82. The summed E-state index contributed by atoms with van der Waals surface area (Å²) < 4.78 is 1.94. The number of aromatic nitrogens is 3. The number of aliphatic hydroxyl groups excluding tert-OH is 1. The van der Waals surface area contributed by atoms with Crippen molar-refractivity contribution >= 4 is 10.9 Å². The van der Waals surface area contributed by atoms with E-state index in [9.17, 15) is 5.11 Å². The van der Waals surface area contributed by atoms with E-state index < -0.39 is 0 Å². The molecule has 5 nitrogen and oxygen atoms in total. The number of benzene rings is 1. The van der Waals surface area contributed by atoms with E-state index in [0.717, 1.165) is 37.3 Å². The molecule has 1 saturated heterocycles. The van der Waals surface area contributed by atoms with Crippen LogP contribution in [0.15, 0.2) is 36.5 Å². The monoisotopic (exact) mass is 350 g/mol. The highest BCUT2D eigenvalue weighted by molar-refractivity contribution is 5.81. The second-order valence-corrected chi connectivity index (χ2v) is 7.49. The Morgan fingerprint density at radius 3 is 2.73 bits per heavy atom. The van der Waals surface area contributed by atoms with Crippen molar-refractivity contribution < 1.29 is 5.11 Å². The summed E-state index contributed by atoms with van der Waals surface area (Å²) in [6.07, 6.45) is 2.46. The zero-order valence-corrected chi connectivity index (χ0v) is 15.7. The Kier molecular flexibility index (Phi) is 4.51. The third-order valence-corrected chi connectivity index (χ3v) is 5.74. The Bertz CT molecular complexity index is 928. The van der Waals surface area contributed by atoms with Crippen LogP contribution in [-0.4, -0.2) is 44.0 Å². The molecular weight excluding hydrogens is 324 g/mol. The van der Waals surface area contributed by atoms with Crippen molar-refractivity contribution in [2.75, 3.05) is 13.1 Å². The maximum absolute atomic E-state index is 10.6. The van der Waals surface area contributed by atoms with Crippen molar-refractivity contribution in [3.63, 3.8) is 0 Å². The lowest BCUT2D eigenvalue weighted by molar-refractivity contribution is 0.141. The molecule has 3 heterocycles. The summed E-state index contributed by atoms with van der Waals surface area (Å²) in [4.78, 5) is 6.80. The molecule has 5 heteroatoms. The maximum atomic E-state index is 10.6. The Morgan fingerprint density at radius 1 is 1.15 bits per heavy atom. The van der Waals surface area contributed by atoms with Crippen LogP contribution < -0.4 is 0 Å². The van der Waals surface area contributed by atoms with E-state index in [4.69, 9.17) is 0 Å². The first-order valence-electron chi connectivity index (χ1n) is 9.25. The van der Waals surface area contributed by atoms with Gasteiger partial charge in [0.2, 0.25) is 0 Å². The first-order chi connectivity index (χ1) is 12.5. The number of aliphatic hydroxyl groups is 1. The molecule has 0 unspecified atom stereocenters. The van der Waals surface area contributed by atoms with Crippen molar-refractivity contribution in [1.29, 1.82) is 0 Å². The van der Waals surface area contributed by atoms with Crippen LogP contribution in [0.4, 0.5) is 0 Å². The van der Waals surface area contributed by atoms with Crippen molar-refractivity contribution in [3.05, 3.63) is 59.0 Å². The lowest BCUT2D eigenvalue weighted by atomic mass is 9.94. The lowest BCUT2D eigenvalue weighted by Gasteiger charge is -2.16. The molecule has 0 bridgehead atoms.